The second-order valence-corrected chi connectivity index (χ2v) is 7.87. The maximum Gasteiger partial charge on any atom is 0.228 e. The highest BCUT2D eigenvalue weighted by Crippen LogP contribution is 2.32. The molecular weight excluding hydrogens is 316 g/mol. The Morgan fingerprint density at radius 3 is 2.67 bits per heavy atom. The summed E-state index contributed by atoms with van der Waals surface area (Å²) in [5.74, 6) is 0.263. The van der Waals surface area contributed by atoms with Gasteiger partial charge in [0.1, 0.15) is 0 Å². The monoisotopic (exact) mass is 342 g/mol. The van der Waals surface area contributed by atoms with E-state index < -0.39 is 0 Å². The van der Waals surface area contributed by atoms with E-state index in [1.54, 1.807) is 11.3 Å². The van der Waals surface area contributed by atoms with Crippen molar-refractivity contribution in [2.45, 2.75) is 38.3 Å². The van der Waals surface area contributed by atoms with Crippen molar-refractivity contribution in [3.05, 3.63) is 57.8 Å². The van der Waals surface area contributed by atoms with Gasteiger partial charge in [0.05, 0.1) is 12.5 Å². The van der Waals surface area contributed by atoms with Gasteiger partial charge in [0.25, 0.3) is 0 Å². The molecule has 0 bridgehead atoms. The van der Waals surface area contributed by atoms with Crippen LogP contribution in [0.1, 0.15) is 41.3 Å². The minimum Gasteiger partial charge on any atom is -0.335 e. The molecule has 0 spiro atoms. The van der Waals surface area contributed by atoms with Crippen LogP contribution in [0.15, 0.2) is 41.8 Å². The Morgan fingerprint density at radius 1 is 1.21 bits per heavy atom. The first-order valence-electron chi connectivity index (χ1n) is 8.69. The lowest BCUT2D eigenvalue weighted by Crippen LogP contribution is -2.39. The lowest BCUT2D eigenvalue weighted by molar-refractivity contribution is -0.134. The molecule has 1 saturated heterocycles. The van der Waals surface area contributed by atoms with Crippen LogP contribution in [0, 0.1) is 0 Å². The Balaban J connectivity index is 1.72. The van der Waals surface area contributed by atoms with E-state index in [-0.39, 0.29) is 11.9 Å². The van der Waals surface area contributed by atoms with Crippen molar-refractivity contribution in [1.82, 2.24) is 9.80 Å². The second-order valence-electron chi connectivity index (χ2n) is 6.83. The number of carbonyl (C=O) groups is 1. The van der Waals surface area contributed by atoms with Crippen LogP contribution in [0.3, 0.4) is 0 Å². The topological polar surface area (TPSA) is 23.6 Å². The summed E-state index contributed by atoms with van der Waals surface area (Å²) in [5, 5.41) is 2.04. The van der Waals surface area contributed by atoms with Crippen LogP contribution >= 0.6 is 11.3 Å². The van der Waals surface area contributed by atoms with E-state index >= 15 is 0 Å². The van der Waals surface area contributed by atoms with Gasteiger partial charge in [0, 0.05) is 18.0 Å². The van der Waals surface area contributed by atoms with E-state index in [4.69, 9.17) is 0 Å². The highest BCUT2D eigenvalue weighted by atomic mass is 32.1. The summed E-state index contributed by atoms with van der Waals surface area (Å²) in [6.07, 6.45) is 3.92. The maximum absolute atomic E-state index is 12.8. The fourth-order valence-electron chi connectivity index (χ4n) is 3.45. The van der Waals surface area contributed by atoms with E-state index in [0.717, 1.165) is 30.8 Å². The van der Waals surface area contributed by atoms with Crippen LogP contribution < -0.4 is 0 Å². The first kappa shape index (κ1) is 17.2. The van der Waals surface area contributed by atoms with Crippen LogP contribution in [0.2, 0.25) is 0 Å². The molecule has 1 amide bonds. The molecule has 128 valence electrons. The Kier molecular flexibility index (Phi) is 5.69. The van der Waals surface area contributed by atoms with Crippen LogP contribution in [0.25, 0.3) is 0 Å². The van der Waals surface area contributed by atoms with E-state index in [2.05, 4.69) is 54.2 Å². The Bertz CT molecular complexity index is 649. The number of carbonyl (C=O) groups excluding carboxylic acids is 1. The third kappa shape index (κ3) is 4.25. The van der Waals surface area contributed by atoms with Crippen molar-refractivity contribution >= 4 is 17.2 Å². The fraction of sp³-hybridized carbons (Fsp3) is 0.450. The molecule has 1 aromatic carbocycles. The Labute approximate surface area is 148 Å². The molecule has 0 unspecified atom stereocenters. The minimum absolute atomic E-state index is 0.236. The van der Waals surface area contributed by atoms with Gasteiger partial charge in [0.2, 0.25) is 5.91 Å². The van der Waals surface area contributed by atoms with Gasteiger partial charge in [-0.2, -0.15) is 0 Å². The second kappa shape index (κ2) is 7.95. The average molecular weight is 343 g/mol. The van der Waals surface area contributed by atoms with Crippen molar-refractivity contribution in [3.8, 4) is 0 Å². The summed E-state index contributed by atoms with van der Waals surface area (Å²) in [6.45, 7) is 1.83. The maximum atomic E-state index is 12.8. The summed E-state index contributed by atoms with van der Waals surface area (Å²) in [5.41, 5.74) is 2.59. The van der Waals surface area contributed by atoms with Gasteiger partial charge in [-0.25, -0.2) is 0 Å². The number of hydrogen-bond donors (Lipinski definition) is 0. The third-order valence-electron chi connectivity index (χ3n) is 4.59. The van der Waals surface area contributed by atoms with Crippen molar-refractivity contribution in [2.24, 2.45) is 0 Å². The molecule has 0 aliphatic carbocycles. The van der Waals surface area contributed by atoms with E-state index in [1.165, 1.54) is 17.5 Å². The number of likely N-dealkylation sites (tertiary alicyclic amines) is 1. The molecule has 3 nitrogen and oxygen atoms in total. The highest BCUT2D eigenvalue weighted by Gasteiger charge is 2.27. The zero-order chi connectivity index (χ0) is 16.9. The summed E-state index contributed by atoms with van der Waals surface area (Å²) >= 11 is 1.67. The summed E-state index contributed by atoms with van der Waals surface area (Å²) in [4.78, 5) is 18.2. The zero-order valence-corrected chi connectivity index (χ0v) is 15.4. The molecule has 1 atom stereocenters. The van der Waals surface area contributed by atoms with E-state index in [9.17, 15) is 4.79 Å². The summed E-state index contributed by atoms with van der Waals surface area (Å²) in [7, 11) is 4.17. The van der Waals surface area contributed by atoms with Crippen molar-refractivity contribution < 1.29 is 4.79 Å². The molecule has 0 radical (unpaired) electrons. The fourth-order valence-corrected chi connectivity index (χ4v) is 4.15. The summed E-state index contributed by atoms with van der Waals surface area (Å²) in [6, 6.07) is 13.1. The predicted octanol–water partition coefficient (Wildman–Crippen LogP) is 4.11. The standard InChI is InChI=1S/C20H26N2OS/c1-21(2)15-16-8-10-17(11-9-16)19-7-3-4-12-22(19)20(23)14-18-6-5-13-24-18/h5-6,8-11,13,19H,3-4,7,12,14-15H2,1-2H3/t19-/m1/s1. The van der Waals surface area contributed by atoms with E-state index in [0.29, 0.717) is 6.42 Å². The highest BCUT2D eigenvalue weighted by molar-refractivity contribution is 7.10. The molecule has 1 aromatic heterocycles. The van der Waals surface area contributed by atoms with Gasteiger partial charge < -0.3 is 9.80 Å². The smallest absolute Gasteiger partial charge is 0.228 e. The number of amides is 1. The Morgan fingerprint density at radius 2 is 2.00 bits per heavy atom. The first-order valence-corrected chi connectivity index (χ1v) is 9.57. The first-order chi connectivity index (χ1) is 11.6. The number of benzene rings is 1. The molecular formula is C20H26N2OS. The quantitative estimate of drug-likeness (QED) is 0.816. The largest absolute Gasteiger partial charge is 0.335 e. The lowest BCUT2D eigenvalue weighted by Gasteiger charge is -2.36. The lowest BCUT2D eigenvalue weighted by atomic mass is 9.94. The number of thiophene rings is 1. The average Bonchev–Trinajstić information content (AvgIpc) is 3.08. The van der Waals surface area contributed by atoms with Crippen LogP contribution in [-0.2, 0) is 17.8 Å². The van der Waals surface area contributed by atoms with Gasteiger partial charge in [-0.15, -0.1) is 11.3 Å². The zero-order valence-electron chi connectivity index (χ0n) is 14.6. The predicted molar refractivity (Wildman–Crippen MR) is 100 cm³/mol. The van der Waals surface area contributed by atoms with Crippen LogP contribution in [0.4, 0.5) is 0 Å². The molecule has 3 rings (SSSR count). The Hall–Kier alpha value is -1.65. The molecule has 1 aliphatic heterocycles. The molecule has 1 aliphatic rings. The molecule has 0 N–H and O–H groups in total. The van der Waals surface area contributed by atoms with Crippen molar-refractivity contribution in [1.29, 1.82) is 0 Å². The summed E-state index contributed by atoms with van der Waals surface area (Å²) < 4.78 is 0. The molecule has 0 saturated carbocycles. The SMILES string of the molecule is CN(C)Cc1ccc([C@H]2CCCCN2C(=O)Cc2cccs2)cc1. The van der Waals surface area contributed by atoms with Crippen LogP contribution in [-0.4, -0.2) is 36.3 Å². The molecule has 2 heterocycles. The number of nitrogens with zero attached hydrogens (tertiary/aromatic N) is 2. The van der Waals surface area contributed by atoms with Crippen LogP contribution in [0.5, 0.6) is 0 Å². The number of hydrogen-bond acceptors (Lipinski definition) is 3. The number of rotatable bonds is 5. The third-order valence-corrected chi connectivity index (χ3v) is 5.47. The van der Waals surface area contributed by atoms with Gasteiger partial charge in [0.15, 0.2) is 0 Å². The van der Waals surface area contributed by atoms with E-state index in [1.807, 2.05) is 11.4 Å². The van der Waals surface area contributed by atoms with Gasteiger partial charge >= 0.3 is 0 Å². The number of piperidine rings is 1. The van der Waals surface area contributed by atoms with Crippen molar-refractivity contribution in [2.75, 3.05) is 20.6 Å². The molecule has 4 heteroatoms. The van der Waals surface area contributed by atoms with Crippen molar-refractivity contribution in [3.63, 3.8) is 0 Å². The van der Waals surface area contributed by atoms with Gasteiger partial charge in [-0.05, 0) is 55.9 Å². The van der Waals surface area contributed by atoms with Gasteiger partial charge in [-0.1, -0.05) is 30.3 Å². The normalized spacial score (nSPS) is 18.1. The minimum atomic E-state index is 0.236. The molecule has 2 aromatic rings. The molecule has 24 heavy (non-hydrogen) atoms. The molecule has 1 fully saturated rings. The van der Waals surface area contributed by atoms with Gasteiger partial charge in [-0.3, -0.25) is 4.79 Å².